The van der Waals surface area contributed by atoms with Crippen LogP contribution in [0, 0.1) is 0 Å². The molecule has 2 aliphatic rings. The molecule has 0 bridgehead atoms. The van der Waals surface area contributed by atoms with Gasteiger partial charge in [-0.05, 0) is 30.1 Å². The van der Waals surface area contributed by atoms with E-state index in [1.54, 1.807) is 77.0 Å². The van der Waals surface area contributed by atoms with Crippen LogP contribution in [0.4, 0.5) is 0 Å². The first-order chi connectivity index (χ1) is 11.6. The van der Waals surface area contributed by atoms with Crippen molar-refractivity contribution in [3.05, 3.63) is 57.1 Å². The van der Waals surface area contributed by atoms with Gasteiger partial charge in [-0.2, -0.15) is 9.72 Å². The fourth-order valence-electron chi connectivity index (χ4n) is 1.72. The van der Waals surface area contributed by atoms with Crippen LogP contribution in [0.5, 0.6) is 0 Å². The number of nitrogens with zero attached hydrogens (tertiary/aromatic N) is 2. The van der Waals surface area contributed by atoms with Gasteiger partial charge in [0.1, 0.15) is 0 Å². The zero-order valence-electron chi connectivity index (χ0n) is 12.6. The summed E-state index contributed by atoms with van der Waals surface area (Å²) in [4.78, 5) is 16.9. The van der Waals surface area contributed by atoms with E-state index in [0.717, 1.165) is 8.97 Å². The third-order valence-corrected chi connectivity index (χ3v) is 10.9. The van der Waals surface area contributed by atoms with Crippen molar-refractivity contribution in [2.45, 2.75) is 0 Å². The molecule has 0 saturated carbocycles. The minimum atomic E-state index is -0.340. The van der Waals surface area contributed by atoms with Gasteiger partial charge in [0, 0.05) is 6.20 Å². The van der Waals surface area contributed by atoms with E-state index < -0.39 is 0 Å². The molecule has 24 heavy (non-hydrogen) atoms. The summed E-state index contributed by atoms with van der Waals surface area (Å²) in [5.74, 6) is -0.340. The highest BCUT2D eigenvalue weighted by Gasteiger charge is 2.28. The van der Waals surface area contributed by atoms with Crippen molar-refractivity contribution in [3.8, 4) is 0 Å². The van der Waals surface area contributed by atoms with Gasteiger partial charge in [-0.3, -0.25) is 4.79 Å². The Balaban J connectivity index is 1.75. The predicted octanol–water partition coefficient (Wildman–Crippen LogP) is 4.93. The minimum absolute atomic E-state index is 0.218. The number of hydrogen-bond donors (Lipinski definition) is 1. The van der Waals surface area contributed by atoms with E-state index in [9.17, 15) is 10.0 Å². The van der Waals surface area contributed by atoms with Crippen molar-refractivity contribution < 1.29 is 10.0 Å². The molecular formula is C14H12N2O2S6. The molecule has 2 aliphatic heterocycles. The molecule has 4 nitrogen and oxygen atoms in total. The van der Waals surface area contributed by atoms with Gasteiger partial charge in [-0.25, -0.2) is 0 Å². The van der Waals surface area contributed by atoms with E-state index in [1.165, 1.54) is 30.7 Å². The molecule has 0 aromatic carbocycles. The zero-order valence-corrected chi connectivity index (χ0v) is 17.5. The van der Waals surface area contributed by atoms with Crippen molar-refractivity contribution in [1.29, 1.82) is 0 Å². The van der Waals surface area contributed by atoms with Gasteiger partial charge in [-0.1, -0.05) is 53.1 Å². The van der Waals surface area contributed by atoms with Crippen molar-refractivity contribution >= 4 is 76.5 Å². The topological polar surface area (TPSA) is 54.6 Å². The Morgan fingerprint density at radius 2 is 1.83 bits per heavy atom. The van der Waals surface area contributed by atoms with Crippen LogP contribution in [-0.4, -0.2) is 28.4 Å². The maximum atomic E-state index is 12.3. The highest BCUT2D eigenvalue weighted by molar-refractivity contribution is 8.42. The molecule has 126 valence electrons. The summed E-state index contributed by atoms with van der Waals surface area (Å²) in [5, 5.41) is 11.5. The van der Waals surface area contributed by atoms with Crippen molar-refractivity contribution in [1.82, 2.24) is 4.73 Å². The quantitative estimate of drug-likeness (QED) is 0.675. The maximum Gasteiger partial charge on any atom is 0.286 e. The van der Waals surface area contributed by atoms with E-state index in [0.29, 0.717) is 4.91 Å². The molecule has 3 rings (SSSR count). The summed E-state index contributed by atoms with van der Waals surface area (Å²) in [6.07, 6.45) is 5.60. The van der Waals surface area contributed by atoms with Crippen LogP contribution in [-0.2, 0) is 4.79 Å². The summed E-state index contributed by atoms with van der Waals surface area (Å²) in [5.41, 5.74) is 0.218. The lowest BCUT2D eigenvalue weighted by atomic mass is 10.5. The number of amides is 1. The van der Waals surface area contributed by atoms with Crippen LogP contribution in [0.3, 0.4) is 0 Å². The Morgan fingerprint density at radius 1 is 1.12 bits per heavy atom. The number of rotatable bonds is 3. The number of carbonyl (C=O) groups is 1. The van der Waals surface area contributed by atoms with Crippen LogP contribution in [0.2, 0.25) is 0 Å². The van der Waals surface area contributed by atoms with Gasteiger partial charge in [0.05, 0.1) is 21.9 Å². The second kappa shape index (κ2) is 8.41. The Morgan fingerprint density at radius 3 is 2.46 bits per heavy atom. The fourth-order valence-corrected chi connectivity index (χ4v) is 9.18. The van der Waals surface area contributed by atoms with Crippen LogP contribution in [0.15, 0.2) is 56.7 Å². The SMILES string of the molecule is CSC1=C(SC)SC(=C2SC=C(C(=O)N=c3ccccn3O)S2)S1. The lowest BCUT2D eigenvalue weighted by Crippen LogP contribution is -2.19. The molecule has 0 aliphatic carbocycles. The summed E-state index contributed by atoms with van der Waals surface area (Å²) in [6, 6.07) is 4.98. The van der Waals surface area contributed by atoms with E-state index >= 15 is 0 Å². The second-order valence-electron chi connectivity index (χ2n) is 4.28. The normalized spacial score (nSPS) is 18.6. The predicted molar refractivity (Wildman–Crippen MR) is 112 cm³/mol. The monoisotopic (exact) mass is 432 g/mol. The first-order valence-corrected chi connectivity index (χ1v) is 12.3. The standard InChI is InChI=1S/C14H12N2O2S6/c1-19-11-12(20-2)24-14(23-11)13-21-7-8(22-13)10(17)15-9-5-3-4-6-16(9)18/h3-7,18H,1-2H3. The smallest absolute Gasteiger partial charge is 0.286 e. The van der Waals surface area contributed by atoms with E-state index in [4.69, 9.17) is 0 Å². The fraction of sp³-hybridized carbons (Fsp3) is 0.143. The molecule has 10 heteroatoms. The van der Waals surface area contributed by atoms with Crippen LogP contribution >= 0.6 is 70.6 Å². The number of thioether (sulfide) groups is 6. The van der Waals surface area contributed by atoms with Gasteiger partial charge in [0.2, 0.25) is 0 Å². The summed E-state index contributed by atoms with van der Waals surface area (Å²) in [7, 11) is 0. The van der Waals surface area contributed by atoms with Gasteiger partial charge < -0.3 is 5.21 Å². The highest BCUT2D eigenvalue weighted by Crippen LogP contribution is 2.61. The van der Waals surface area contributed by atoms with Crippen LogP contribution in [0.25, 0.3) is 0 Å². The molecule has 0 unspecified atom stereocenters. The first-order valence-electron chi connectivity index (χ1n) is 6.55. The Labute approximate surface area is 165 Å². The van der Waals surface area contributed by atoms with Crippen molar-refractivity contribution in [2.24, 2.45) is 4.99 Å². The number of carbonyl (C=O) groups excluding carboxylic acids is 1. The third kappa shape index (κ3) is 4.10. The lowest BCUT2D eigenvalue weighted by molar-refractivity contribution is -0.114. The molecule has 0 atom stereocenters. The van der Waals surface area contributed by atoms with Crippen molar-refractivity contribution in [3.63, 3.8) is 0 Å². The molecule has 1 amide bonds. The Kier molecular flexibility index (Phi) is 6.50. The maximum absolute atomic E-state index is 12.3. The second-order valence-corrected chi connectivity index (χ2v) is 10.9. The number of aromatic nitrogens is 1. The highest BCUT2D eigenvalue weighted by atomic mass is 32.3. The summed E-state index contributed by atoms with van der Waals surface area (Å²) >= 11 is 10.0. The largest absolute Gasteiger partial charge is 0.427 e. The molecule has 0 saturated heterocycles. The Bertz CT molecular complexity index is 822. The van der Waals surface area contributed by atoms with Gasteiger partial charge in [0.25, 0.3) is 5.91 Å². The molecule has 1 aromatic heterocycles. The van der Waals surface area contributed by atoms with Crippen LogP contribution in [0.1, 0.15) is 0 Å². The van der Waals surface area contributed by atoms with E-state index in [2.05, 4.69) is 17.5 Å². The molecule has 1 N–H and O–H groups in total. The molecule has 0 spiro atoms. The third-order valence-electron chi connectivity index (χ3n) is 2.80. The van der Waals surface area contributed by atoms with E-state index in [1.807, 2.05) is 5.41 Å². The van der Waals surface area contributed by atoms with Gasteiger partial charge in [0.15, 0.2) is 5.49 Å². The average Bonchev–Trinajstić information content (AvgIpc) is 3.23. The van der Waals surface area contributed by atoms with Crippen LogP contribution < -0.4 is 5.49 Å². The Hall–Kier alpha value is -0.260. The molecule has 0 fully saturated rings. The van der Waals surface area contributed by atoms with Gasteiger partial charge >= 0.3 is 0 Å². The first kappa shape index (κ1) is 18.5. The van der Waals surface area contributed by atoms with Gasteiger partial charge in [-0.15, -0.1) is 23.5 Å². The number of pyridine rings is 1. The molecule has 0 radical (unpaired) electrons. The zero-order chi connectivity index (χ0) is 17.1. The molecule has 1 aromatic rings. The molecular weight excluding hydrogens is 421 g/mol. The minimum Gasteiger partial charge on any atom is -0.427 e. The van der Waals surface area contributed by atoms with Crippen molar-refractivity contribution in [2.75, 3.05) is 12.5 Å². The van der Waals surface area contributed by atoms with E-state index in [-0.39, 0.29) is 11.4 Å². The summed E-state index contributed by atoms with van der Waals surface area (Å²) < 4.78 is 5.79. The average molecular weight is 433 g/mol. The number of hydrogen-bond acceptors (Lipinski definition) is 8. The lowest BCUT2D eigenvalue weighted by Gasteiger charge is -2.01. The summed E-state index contributed by atoms with van der Waals surface area (Å²) in [6.45, 7) is 0. The molecule has 3 heterocycles.